The van der Waals surface area contributed by atoms with Crippen molar-refractivity contribution < 1.29 is 14.9 Å². The molecule has 0 aliphatic heterocycles. The van der Waals surface area contributed by atoms with Crippen LogP contribution < -0.4 is 10.1 Å². The second kappa shape index (κ2) is 7.62. The van der Waals surface area contributed by atoms with Gasteiger partial charge in [-0.05, 0) is 36.5 Å². The second-order valence-corrected chi connectivity index (χ2v) is 5.53. The number of ether oxygens (including phenoxy) is 1. The van der Waals surface area contributed by atoms with E-state index in [-0.39, 0.29) is 6.61 Å². The maximum absolute atomic E-state index is 10.2. The topological polar surface area (TPSA) is 61.7 Å². The number of hydrogen-bond donors (Lipinski definition) is 3. The van der Waals surface area contributed by atoms with Crippen LogP contribution in [0.15, 0.2) is 24.3 Å². The smallest absolute Gasteiger partial charge is 0.118 e. The van der Waals surface area contributed by atoms with Gasteiger partial charge >= 0.3 is 0 Å². The molecule has 2 rings (SSSR count). The highest BCUT2D eigenvalue weighted by Crippen LogP contribution is 2.24. The van der Waals surface area contributed by atoms with E-state index in [1.807, 2.05) is 24.3 Å². The summed E-state index contributed by atoms with van der Waals surface area (Å²) in [7, 11) is 1.63. The lowest BCUT2D eigenvalue weighted by Gasteiger charge is -2.31. The molecule has 3 atom stereocenters. The average molecular weight is 279 g/mol. The molecule has 1 aliphatic carbocycles. The first-order valence-electron chi connectivity index (χ1n) is 7.41. The van der Waals surface area contributed by atoms with E-state index in [2.05, 4.69) is 5.32 Å². The molecule has 1 fully saturated rings. The van der Waals surface area contributed by atoms with Crippen molar-refractivity contribution >= 4 is 0 Å². The third kappa shape index (κ3) is 3.95. The lowest BCUT2D eigenvalue weighted by atomic mass is 9.85. The highest BCUT2D eigenvalue weighted by atomic mass is 16.5. The Morgan fingerprint density at radius 3 is 2.60 bits per heavy atom. The summed E-state index contributed by atoms with van der Waals surface area (Å²) < 4.78 is 5.11. The molecule has 1 saturated carbocycles. The van der Waals surface area contributed by atoms with Gasteiger partial charge in [0.2, 0.25) is 0 Å². The van der Waals surface area contributed by atoms with Gasteiger partial charge in [-0.2, -0.15) is 0 Å². The maximum atomic E-state index is 10.2. The molecule has 0 aromatic heterocycles. The number of nitrogens with one attached hydrogen (secondary N) is 1. The molecule has 0 spiro atoms. The summed E-state index contributed by atoms with van der Waals surface area (Å²) >= 11 is 0. The van der Waals surface area contributed by atoms with Gasteiger partial charge in [0.1, 0.15) is 5.75 Å². The molecule has 3 unspecified atom stereocenters. The van der Waals surface area contributed by atoms with Crippen LogP contribution in [0.2, 0.25) is 0 Å². The fraction of sp³-hybridized carbons (Fsp3) is 0.625. The second-order valence-electron chi connectivity index (χ2n) is 5.53. The minimum absolute atomic E-state index is 0.232. The number of rotatable bonds is 6. The van der Waals surface area contributed by atoms with Gasteiger partial charge in [0.05, 0.1) is 13.2 Å². The zero-order chi connectivity index (χ0) is 14.4. The van der Waals surface area contributed by atoms with Crippen LogP contribution in [0.1, 0.15) is 37.4 Å². The molecule has 0 bridgehead atoms. The van der Waals surface area contributed by atoms with Gasteiger partial charge in [-0.3, -0.25) is 0 Å². The molecule has 0 radical (unpaired) electrons. The zero-order valence-electron chi connectivity index (χ0n) is 12.1. The molecule has 1 aromatic carbocycles. The van der Waals surface area contributed by atoms with Crippen LogP contribution >= 0.6 is 0 Å². The lowest BCUT2D eigenvalue weighted by molar-refractivity contribution is 0.127. The third-order valence-corrected chi connectivity index (χ3v) is 4.22. The Morgan fingerprint density at radius 2 is 1.95 bits per heavy atom. The number of aliphatic hydroxyl groups excluding tert-OH is 2. The summed E-state index contributed by atoms with van der Waals surface area (Å²) in [6.07, 6.45) is 4.03. The first-order chi connectivity index (χ1) is 9.74. The predicted molar refractivity (Wildman–Crippen MR) is 78.8 cm³/mol. The highest BCUT2D eigenvalue weighted by molar-refractivity contribution is 5.28. The standard InChI is InChI=1S/C16H25NO3/c1-20-14-8-6-12(7-9-14)16(19)10-17-15-5-3-2-4-13(15)11-18/h6-9,13,15-19H,2-5,10-11H2,1H3. The number of hydrogen-bond acceptors (Lipinski definition) is 4. The molecule has 3 N–H and O–H groups in total. The quantitative estimate of drug-likeness (QED) is 0.744. The molecule has 1 aliphatic rings. The van der Waals surface area contributed by atoms with E-state index >= 15 is 0 Å². The van der Waals surface area contributed by atoms with Crippen LogP contribution in [0.5, 0.6) is 5.75 Å². The summed E-state index contributed by atoms with van der Waals surface area (Å²) in [4.78, 5) is 0. The van der Waals surface area contributed by atoms with Crippen molar-refractivity contribution in [1.29, 1.82) is 0 Å². The molecular formula is C16H25NO3. The summed E-state index contributed by atoms with van der Waals surface area (Å²) in [5.41, 5.74) is 0.884. The molecule has 1 aromatic rings. The summed E-state index contributed by atoms with van der Waals surface area (Å²) in [6.45, 7) is 0.754. The van der Waals surface area contributed by atoms with Crippen LogP contribution in [0.25, 0.3) is 0 Å². The van der Waals surface area contributed by atoms with Gasteiger partial charge in [-0.15, -0.1) is 0 Å². The molecule has 112 valence electrons. The monoisotopic (exact) mass is 279 g/mol. The number of methoxy groups -OCH3 is 1. The van der Waals surface area contributed by atoms with E-state index < -0.39 is 6.10 Å². The van der Waals surface area contributed by atoms with Crippen LogP contribution in [-0.2, 0) is 0 Å². The summed E-state index contributed by atoms with van der Waals surface area (Å²) in [6, 6.07) is 7.80. The van der Waals surface area contributed by atoms with Gasteiger partial charge in [0.15, 0.2) is 0 Å². The van der Waals surface area contributed by atoms with Crippen molar-refractivity contribution in [3.63, 3.8) is 0 Å². The van der Waals surface area contributed by atoms with Crippen molar-refractivity contribution in [2.24, 2.45) is 5.92 Å². The van der Waals surface area contributed by atoms with Crippen molar-refractivity contribution in [1.82, 2.24) is 5.32 Å². The van der Waals surface area contributed by atoms with E-state index in [9.17, 15) is 10.2 Å². The van der Waals surface area contributed by atoms with Crippen molar-refractivity contribution in [2.75, 3.05) is 20.3 Å². The van der Waals surface area contributed by atoms with Crippen molar-refractivity contribution in [3.8, 4) is 5.75 Å². The Kier molecular flexibility index (Phi) is 5.83. The van der Waals surface area contributed by atoms with Crippen LogP contribution in [-0.4, -0.2) is 36.5 Å². The highest BCUT2D eigenvalue weighted by Gasteiger charge is 2.24. The minimum atomic E-state index is -0.526. The van der Waals surface area contributed by atoms with E-state index in [1.54, 1.807) is 7.11 Å². The molecule has 20 heavy (non-hydrogen) atoms. The molecule has 0 heterocycles. The van der Waals surface area contributed by atoms with E-state index in [1.165, 1.54) is 12.8 Å². The molecule has 4 heteroatoms. The fourth-order valence-corrected chi connectivity index (χ4v) is 2.90. The van der Waals surface area contributed by atoms with Gasteiger partial charge < -0.3 is 20.3 Å². The molecule has 0 saturated heterocycles. The minimum Gasteiger partial charge on any atom is -0.497 e. The van der Waals surface area contributed by atoms with Crippen LogP contribution in [0.3, 0.4) is 0 Å². The van der Waals surface area contributed by atoms with Crippen LogP contribution in [0, 0.1) is 5.92 Å². The summed E-state index contributed by atoms with van der Waals surface area (Å²) in [5, 5.41) is 23.0. The van der Waals surface area contributed by atoms with Crippen molar-refractivity contribution in [2.45, 2.75) is 37.8 Å². The zero-order valence-corrected chi connectivity index (χ0v) is 12.1. The Morgan fingerprint density at radius 1 is 1.25 bits per heavy atom. The Hall–Kier alpha value is -1.10. The third-order valence-electron chi connectivity index (χ3n) is 4.22. The number of aliphatic hydroxyl groups is 2. The fourth-order valence-electron chi connectivity index (χ4n) is 2.90. The van der Waals surface area contributed by atoms with Gasteiger partial charge in [0.25, 0.3) is 0 Å². The SMILES string of the molecule is COc1ccc(C(O)CNC2CCCCC2CO)cc1. The molecule has 4 nitrogen and oxygen atoms in total. The summed E-state index contributed by atoms with van der Waals surface area (Å²) in [5.74, 6) is 1.12. The molecular weight excluding hydrogens is 254 g/mol. The average Bonchev–Trinajstić information content (AvgIpc) is 2.53. The Bertz CT molecular complexity index is 393. The largest absolute Gasteiger partial charge is 0.497 e. The van der Waals surface area contributed by atoms with E-state index in [4.69, 9.17) is 4.74 Å². The van der Waals surface area contributed by atoms with E-state index in [0.717, 1.165) is 24.2 Å². The number of benzene rings is 1. The molecule has 0 amide bonds. The Labute approximate surface area is 120 Å². The van der Waals surface area contributed by atoms with Crippen molar-refractivity contribution in [3.05, 3.63) is 29.8 Å². The van der Waals surface area contributed by atoms with E-state index in [0.29, 0.717) is 18.5 Å². The van der Waals surface area contributed by atoms with Crippen LogP contribution in [0.4, 0.5) is 0 Å². The van der Waals surface area contributed by atoms with Gasteiger partial charge in [-0.25, -0.2) is 0 Å². The first-order valence-corrected chi connectivity index (χ1v) is 7.41. The predicted octanol–water partition coefficient (Wildman–Crippen LogP) is 1.87. The normalized spacial score (nSPS) is 24.4. The maximum Gasteiger partial charge on any atom is 0.118 e. The van der Waals surface area contributed by atoms with Gasteiger partial charge in [-0.1, -0.05) is 25.0 Å². The first kappa shape index (κ1) is 15.3. The van der Waals surface area contributed by atoms with Gasteiger partial charge in [0, 0.05) is 19.2 Å². The Balaban J connectivity index is 1.85. The lowest BCUT2D eigenvalue weighted by Crippen LogP contribution is -2.41.